The molecule has 0 heterocycles. The maximum absolute atomic E-state index is 5.82. The molecule has 0 spiro atoms. The number of nitrogens with two attached hydrogens (primary N) is 1. The minimum Gasteiger partial charge on any atom is -0.493 e. The first-order valence-corrected chi connectivity index (χ1v) is 7.96. The minimum absolute atomic E-state index is 0.657. The molecular weight excluding hydrogens is 274 g/mol. The van der Waals surface area contributed by atoms with Crippen molar-refractivity contribution < 1.29 is 9.47 Å². The lowest BCUT2D eigenvalue weighted by atomic mass is 10.1. The molecule has 0 amide bonds. The van der Waals surface area contributed by atoms with Crippen molar-refractivity contribution in [3.63, 3.8) is 0 Å². The smallest absolute Gasteiger partial charge is 0.122 e. The first-order chi connectivity index (χ1) is 10.8. The molecule has 3 heteroatoms. The summed E-state index contributed by atoms with van der Waals surface area (Å²) in [5, 5.41) is 0. The lowest BCUT2D eigenvalue weighted by Gasteiger charge is -2.11. The topological polar surface area (TPSA) is 44.5 Å². The van der Waals surface area contributed by atoms with Gasteiger partial charge in [0.15, 0.2) is 0 Å². The minimum atomic E-state index is 0.657. The third-order valence-electron chi connectivity index (χ3n) is 3.52. The third kappa shape index (κ3) is 5.08. The fourth-order valence-electron chi connectivity index (χ4n) is 2.29. The van der Waals surface area contributed by atoms with E-state index in [2.05, 4.69) is 25.1 Å². The largest absolute Gasteiger partial charge is 0.493 e. The number of para-hydroxylation sites is 1. The Morgan fingerprint density at radius 3 is 2.36 bits per heavy atom. The van der Waals surface area contributed by atoms with Crippen LogP contribution >= 0.6 is 0 Å². The molecule has 0 aliphatic heterocycles. The van der Waals surface area contributed by atoms with Gasteiger partial charge in [-0.25, -0.2) is 0 Å². The highest BCUT2D eigenvalue weighted by Crippen LogP contribution is 2.18. The van der Waals surface area contributed by atoms with E-state index in [0.29, 0.717) is 19.8 Å². The summed E-state index contributed by atoms with van der Waals surface area (Å²) in [7, 11) is 0. The van der Waals surface area contributed by atoms with Crippen LogP contribution in [-0.4, -0.2) is 19.8 Å². The van der Waals surface area contributed by atoms with Gasteiger partial charge in [-0.05, 0) is 48.7 Å². The summed E-state index contributed by atoms with van der Waals surface area (Å²) in [5.41, 5.74) is 8.03. The van der Waals surface area contributed by atoms with Crippen LogP contribution in [0.4, 0.5) is 0 Å². The normalized spacial score (nSPS) is 10.5. The Labute approximate surface area is 133 Å². The molecule has 0 bridgehead atoms. The fraction of sp³-hybridized carbons (Fsp3) is 0.368. The highest BCUT2D eigenvalue weighted by atomic mass is 16.5. The van der Waals surface area contributed by atoms with Crippen LogP contribution in [0.25, 0.3) is 0 Å². The number of ether oxygens (including phenoxy) is 2. The van der Waals surface area contributed by atoms with Gasteiger partial charge in [-0.1, -0.05) is 37.3 Å². The lowest BCUT2D eigenvalue weighted by Crippen LogP contribution is -2.06. The van der Waals surface area contributed by atoms with Crippen LogP contribution in [0.15, 0.2) is 48.5 Å². The molecule has 0 aliphatic rings. The Kier molecular flexibility index (Phi) is 6.78. The first-order valence-electron chi connectivity index (χ1n) is 7.96. The van der Waals surface area contributed by atoms with E-state index in [4.69, 9.17) is 15.2 Å². The summed E-state index contributed by atoms with van der Waals surface area (Å²) >= 11 is 0. The molecule has 0 radical (unpaired) electrons. The Bertz CT molecular complexity index is 552. The van der Waals surface area contributed by atoms with E-state index in [1.807, 2.05) is 30.3 Å². The molecule has 0 aliphatic carbocycles. The number of aryl methyl sites for hydroxylation is 1. The summed E-state index contributed by atoms with van der Waals surface area (Å²) in [6.07, 6.45) is 2.76. The summed E-state index contributed by atoms with van der Waals surface area (Å²) in [6.45, 7) is 4.14. The van der Waals surface area contributed by atoms with E-state index in [1.54, 1.807) is 0 Å². The van der Waals surface area contributed by atoms with Crippen molar-refractivity contribution in [3.8, 4) is 11.5 Å². The quantitative estimate of drug-likeness (QED) is 0.720. The first kappa shape index (κ1) is 16.4. The maximum atomic E-state index is 5.82. The van der Waals surface area contributed by atoms with Crippen LogP contribution in [-0.2, 0) is 12.8 Å². The molecule has 2 N–H and O–H groups in total. The Morgan fingerprint density at radius 1 is 0.909 bits per heavy atom. The molecule has 0 aromatic heterocycles. The van der Waals surface area contributed by atoms with Crippen LogP contribution < -0.4 is 15.2 Å². The standard InChI is InChI=1S/C19H25NO2/c1-2-17-6-3-4-7-19(17)22-15-5-14-21-18-10-8-16(9-11-18)12-13-20/h3-4,6-11H,2,5,12-15,20H2,1H3. The summed E-state index contributed by atoms with van der Waals surface area (Å²) in [4.78, 5) is 0. The molecule has 0 saturated heterocycles. The van der Waals surface area contributed by atoms with Crippen LogP contribution in [0, 0.1) is 0 Å². The summed E-state index contributed by atoms with van der Waals surface area (Å²) < 4.78 is 11.5. The van der Waals surface area contributed by atoms with Crippen molar-refractivity contribution >= 4 is 0 Å². The molecule has 2 aromatic carbocycles. The van der Waals surface area contributed by atoms with E-state index in [9.17, 15) is 0 Å². The zero-order valence-corrected chi connectivity index (χ0v) is 13.3. The fourth-order valence-corrected chi connectivity index (χ4v) is 2.29. The van der Waals surface area contributed by atoms with Gasteiger partial charge in [0.1, 0.15) is 11.5 Å². The zero-order valence-electron chi connectivity index (χ0n) is 13.3. The van der Waals surface area contributed by atoms with E-state index in [-0.39, 0.29) is 0 Å². The number of hydrogen-bond acceptors (Lipinski definition) is 3. The van der Waals surface area contributed by atoms with Crippen LogP contribution in [0.1, 0.15) is 24.5 Å². The molecule has 0 unspecified atom stereocenters. The highest BCUT2D eigenvalue weighted by Gasteiger charge is 2.00. The average molecular weight is 299 g/mol. The van der Waals surface area contributed by atoms with Gasteiger partial charge in [-0.15, -0.1) is 0 Å². The zero-order chi connectivity index (χ0) is 15.6. The van der Waals surface area contributed by atoms with Crippen LogP contribution in [0.3, 0.4) is 0 Å². The van der Waals surface area contributed by atoms with Gasteiger partial charge in [0.2, 0.25) is 0 Å². The van der Waals surface area contributed by atoms with Gasteiger partial charge in [-0.2, -0.15) is 0 Å². The molecule has 2 rings (SSSR count). The van der Waals surface area contributed by atoms with Crippen molar-refractivity contribution in [2.24, 2.45) is 5.73 Å². The van der Waals surface area contributed by atoms with E-state index in [0.717, 1.165) is 30.8 Å². The third-order valence-corrected chi connectivity index (χ3v) is 3.52. The van der Waals surface area contributed by atoms with Gasteiger partial charge in [0.25, 0.3) is 0 Å². The van der Waals surface area contributed by atoms with E-state index >= 15 is 0 Å². The van der Waals surface area contributed by atoms with Crippen molar-refractivity contribution in [1.82, 2.24) is 0 Å². The number of benzene rings is 2. The van der Waals surface area contributed by atoms with Gasteiger partial charge in [0.05, 0.1) is 13.2 Å². The average Bonchev–Trinajstić information content (AvgIpc) is 2.57. The predicted molar refractivity (Wildman–Crippen MR) is 90.6 cm³/mol. The molecule has 2 aromatic rings. The second-order valence-electron chi connectivity index (χ2n) is 5.19. The SMILES string of the molecule is CCc1ccccc1OCCCOc1ccc(CCN)cc1. The monoisotopic (exact) mass is 299 g/mol. The molecule has 0 atom stereocenters. The van der Waals surface area contributed by atoms with E-state index in [1.165, 1.54) is 11.1 Å². The lowest BCUT2D eigenvalue weighted by molar-refractivity contribution is 0.246. The number of rotatable bonds is 9. The van der Waals surface area contributed by atoms with E-state index < -0.39 is 0 Å². The van der Waals surface area contributed by atoms with Gasteiger partial charge >= 0.3 is 0 Å². The molecular formula is C19H25NO2. The molecule has 22 heavy (non-hydrogen) atoms. The van der Waals surface area contributed by atoms with Crippen molar-refractivity contribution in [1.29, 1.82) is 0 Å². The highest BCUT2D eigenvalue weighted by molar-refractivity contribution is 5.33. The number of hydrogen-bond donors (Lipinski definition) is 1. The predicted octanol–water partition coefficient (Wildman–Crippen LogP) is 3.60. The van der Waals surface area contributed by atoms with Gasteiger partial charge in [0, 0.05) is 6.42 Å². The molecule has 3 nitrogen and oxygen atoms in total. The molecule has 0 saturated carbocycles. The Hall–Kier alpha value is -2.00. The Balaban J connectivity index is 1.68. The van der Waals surface area contributed by atoms with Gasteiger partial charge < -0.3 is 15.2 Å². The van der Waals surface area contributed by atoms with Crippen LogP contribution in [0.2, 0.25) is 0 Å². The van der Waals surface area contributed by atoms with Crippen LogP contribution in [0.5, 0.6) is 11.5 Å². The second-order valence-corrected chi connectivity index (χ2v) is 5.19. The maximum Gasteiger partial charge on any atom is 0.122 e. The second kappa shape index (κ2) is 9.11. The Morgan fingerprint density at radius 2 is 1.64 bits per heavy atom. The summed E-state index contributed by atoms with van der Waals surface area (Å²) in [5.74, 6) is 1.88. The van der Waals surface area contributed by atoms with Crippen molar-refractivity contribution in [2.75, 3.05) is 19.8 Å². The molecule has 0 fully saturated rings. The van der Waals surface area contributed by atoms with Gasteiger partial charge in [-0.3, -0.25) is 0 Å². The van der Waals surface area contributed by atoms with Crippen molar-refractivity contribution in [3.05, 3.63) is 59.7 Å². The van der Waals surface area contributed by atoms with Crippen molar-refractivity contribution in [2.45, 2.75) is 26.2 Å². The summed E-state index contributed by atoms with van der Waals surface area (Å²) in [6, 6.07) is 16.3. The molecule has 118 valence electrons.